The van der Waals surface area contributed by atoms with E-state index in [1.54, 1.807) is 0 Å². The predicted octanol–water partition coefficient (Wildman–Crippen LogP) is 2.57. The van der Waals surface area contributed by atoms with Gasteiger partial charge in [-0.2, -0.15) is 0 Å². The lowest BCUT2D eigenvalue weighted by Crippen LogP contribution is -2.15. The maximum atomic E-state index is 11.8. The zero-order valence-corrected chi connectivity index (χ0v) is 13.0. The number of hydrogen-bond donors (Lipinski definition) is 2. The third kappa shape index (κ3) is 4.21. The van der Waals surface area contributed by atoms with E-state index < -0.39 is 0 Å². The number of halogens is 1. The van der Waals surface area contributed by atoms with Crippen LogP contribution in [0.3, 0.4) is 0 Å². The highest BCUT2D eigenvalue weighted by Gasteiger charge is 2.07. The van der Waals surface area contributed by atoms with E-state index in [-0.39, 0.29) is 17.2 Å². The number of H-pyrrole nitrogens is 1. The highest BCUT2D eigenvalue weighted by atomic mass is 79.9. The van der Waals surface area contributed by atoms with Gasteiger partial charge in [-0.15, -0.1) is 0 Å². The van der Waals surface area contributed by atoms with Crippen molar-refractivity contribution in [3.8, 4) is 0 Å². The number of nitrogens with one attached hydrogen (secondary N) is 2. The minimum absolute atomic E-state index is 0.161. The van der Waals surface area contributed by atoms with Crippen molar-refractivity contribution in [1.82, 2.24) is 9.97 Å². The topological polar surface area (TPSA) is 74.8 Å². The SMILES string of the molecule is Cc1ccc(NC(=O)CSc2nccc(=O)[nH]2)c(Br)c1. The van der Waals surface area contributed by atoms with Gasteiger partial charge in [0.05, 0.1) is 11.4 Å². The number of anilines is 1. The van der Waals surface area contributed by atoms with Crippen LogP contribution in [-0.4, -0.2) is 21.6 Å². The van der Waals surface area contributed by atoms with Crippen molar-refractivity contribution in [1.29, 1.82) is 0 Å². The van der Waals surface area contributed by atoms with Crippen LogP contribution >= 0.6 is 27.7 Å². The van der Waals surface area contributed by atoms with Gasteiger partial charge in [0.1, 0.15) is 0 Å². The first-order valence-electron chi connectivity index (χ1n) is 5.79. The Morgan fingerprint density at radius 2 is 2.25 bits per heavy atom. The van der Waals surface area contributed by atoms with Crippen LogP contribution in [0.2, 0.25) is 0 Å². The minimum Gasteiger partial charge on any atom is -0.324 e. The Bertz CT molecular complexity index is 687. The van der Waals surface area contributed by atoms with E-state index in [0.29, 0.717) is 5.16 Å². The molecule has 0 saturated carbocycles. The average molecular weight is 354 g/mol. The van der Waals surface area contributed by atoms with Crippen LogP contribution < -0.4 is 10.9 Å². The first-order valence-corrected chi connectivity index (χ1v) is 7.56. The molecular weight excluding hydrogens is 342 g/mol. The molecule has 0 saturated heterocycles. The van der Waals surface area contributed by atoms with Crippen molar-refractivity contribution in [2.45, 2.75) is 12.1 Å². The van der Waals surface area contributed by atoms with Gasteiger partial charge in [0.15, 0.2) is 5.16 Å². The van der Waals surface area contributed by atoms with Crippen molar-refractivity contribution < 1.29 is 4.79 Å². The van der Waals surface area contributed by atoms with Gasteiger partial charge in [-0.25, -0.2) is 4.98 Å². The minimum atomic E-state index is -0.232. The maximum absolute atomic E-state index is 11.8. The van der Waals surface area contributed by atoms with Crippen LogP contribution in [0.4, 0.5) is 5.69 Å². The third-order valence-electron chi connectivity index (χ3n) is 2.39. The molecule has 2 N–H and O–H groups in total. The van der Waals surface area contributed by atoms with Crippen molar-refractivity contribution in [2.75, 3.05) is 11.1 Å². The summed E-state index contributed by atoms with van der Waals surface area (Å²) in [4.78, 5) is 29.4. The van der Waals surface area contributed by atoms with E-state index in [2.05, 4.69) is 31.2 Å². The molecule has 1 heterocycles. The van der Waals surface area contributed by atoms with Crippen molar-refractivity contribution in [2.24, 2.45) is 0 Å². The average Bonchev–Trinajstić information content (AvgIpc) is 2.40. The van der Waals surface area contributed by atoms with Crippen molar-refractivity contribution in [3.63, 3.8) is 0 Å². The second kappa shape index (κ2) is 6.71. The number of hydrogen-bond acceptors (Lipinski definition) is 4. The smallest absolute Gasteiger partial charge is 0.251 e. The summed E-state index contributed by atoms with van der Waals surface area (Å²) in [7, 11) is 0. The number of carbonyl (C=O) groups is 1. The molecule has 1 amide bonds. The summed E-state index contributed by atoms with van der Waals surface area (Å²) in [5, 5.41) is 3.22. The fraction of sp³-hybridized carbons (Fsp3) is 0.154. The van der Waals surface area contributed by atoms with Gasteiger partial charge in [-0.3, -0.25) is 9.59 Å². The van der Waals surface area contributed by atoms with Crippen LogP contribution in [-0.2, 0) is 4.79 Å². The molecule has 2 rings (SSSR count). The zero-order chi connectivity index (χ0) is 14.5. The van der Waals surface area contributed by atoms with Gasteiger partial charge in [-0.05, 0) is 40.5 Å². The molecule has 1 aromatic carbocycles. The number of carbonyl (C=O) groups excluding carboxylic acids is 1. The molecule has 1 aromatic heterocycles. The van der Waals surface area contributed by atoms with E-state index in [4.69, 9.17) is 0 Å². The standard InChI is InChI=1S/C13H12BrN3O2S/c1-8-2-3-10(9(14)6-8)16-12(19)7-20-13-15-5-4-11(18)17-13/h2-6H,7H2,1H3,(H,16,19)(H,15,17,18). The zero-order valence-electron chi connectivity index (χ0n) is 10.6. The molecule has 0 aliphatic heterocycles. The first kappa shape index (κ1) is 14.8. The maximum Gasteiger partial charge on any atom is 0.251 e. The summed E-state index contributed by atoms with van der Waals surface area (Å²) in [6.45, 7) is 1.98. The third-order valence-corrected chi connectivity index (χ3v) is 3.93. The fourth-order valence-electron chi connectivity index (χ4n) is 1.47. The molecule has 0 aliphatic carbocycles. The number of benzene rings is 1. The van der Waals surface area contributed by atoms with Crippen LogP contribution in [0.25, 0.3) is 0 Å². The normalized spacial score (nSPS) is 10.3. The molecule has 0 bridgehead atoms. The van der Waals surface area contributed by atoms with Crippen LogP contribution in [0.5, 0.6) is 0 Å². The lowest BCUT2D eigenvalue weighted by Gasteiger charge is -2.07. The number of nitrogens with zero attached hydrogens (tertiary/aromatic N) is 1. The van der Waals surface area contributed by atoms with Crippen LogP contribution in [0.15, 0.2) is 44.9 Å². The van der Waals surface area contributed by atoms with E-state index >= 15 is 0 Å². The summed E-state index contributed by atoms with van der Waals surface area (Å²) in [6, 6.07) is 7.01. The Kier molecular flexibility index (Phi) is 4.97. The van der Waals surface area contributed by atoms with Crippen molar-refractivity contribution >= 4 is 39.3 Å². The molecule has 0 spiro atoms. The Morgan fingerprint density at radius 3 is 2.95 bits per heavy atom. The number of rotatable bonds is 4. The molecule has 20 heavy (non-hydrogen) atoms. The second-order valence-corrected chi connectivity index (χ2v) is 5.88. The fourth-order valence-corrected chi connectivity index (χ4v) is 2.71. The quantitative estimate of drug-likeness (QED) is 0.654. The summed E-state index contributed by atoms with van der Waals surface area (Å²) in [6.07, 6.45) is 1.41. The molecule has 0 unspecified atom stereocenters. The number of aromatic amines is 1. The van der Waals surface area contributed by atoms with Gasteiger partial charge in [0.2, 0.25) is 5.91 Å². The van der Waals surface area contributed by atoms with Gasteiger partial charge in [-0.1, -0.05) is 17.8 Å². The number of amides is 1. The highest BCUT2D eigenvalue weighted by Crippen LogP contribution is 2.23. The van der Waals surface area contributed by atoms with Gasteiger partial charge >= 0.3 is 0 Å². The lowest BCUT2D eigenvalue weighted by atomic mass is 10.2. The molecule has 2 aromatic rings. The first-order chi connectivity index (χ1) is 9.54. The Hall–Kier alpha value is -1.60. The molecule has 104 valence electrons. The summed E-state index contributed by atoms with van der Waals surface area (Å²) >= 11 is 4.58. The Balaban J connectivity index is 1.94. The van der Waals surface area contributed by atoms with Crippen LogP contribution in [0, 0.1) is 6.92 Å². The molecule has 5 nitrogen and oxygen atoms in total. The van der Waals surface area contributed by atoms with Crippen LogP contribution in [0.1, 0.15) is 5.56 Å². The van der Waals surface area contributed by atoms with E-state index in [1.807, 2.05) is 25.1 Å². The number of aromatic nitrogens is 2. The predicted molar refractivity (Wildman–Crippen MR) is 83.1 cm³/mol. The summed E-state index contributed by atoms with van der Waals surface area (Å²) in [5.74, 6) is 0.0128. The monoisotopic (exact) mass is 353 g/mol. The lowest BCUT2D eigenvalue weighted by molar-refractivity contribution is -0.113. The molecular formula is C13H12BrN3O2S. The van der Waals surface area contributed by atoms with E-state index in [9.17, 15) is 9.59 Å². The second-order valence-electron chi connectivity index (χ2n) is 4.06. The largest absolute Gasteiger partial charge is 0.324 e. The molecule has 0 atom stereocenters. The molecule has 0 aliphatic rings. The molecule has 0 fully saturated rings. The van der Waals surface area contributed by atoms with Gasteiger partial charge < -0.3 is 10.3 Å². The Morgan fingerprint density at radius 1 is 1.45 bits per heavy atom. The van der Waals surface area contributed by atoms with E-state index in [0.717, 1.165) is 15.7 Å². The van der Waals surface area contributed by atoms with E-state index in [1.165, 1.54) is 24.0 Å². The van der Waals surface area contributed by atoms with Gasteiger partial charge in [0.25, 0.3) is 5.56 Å². The number of aryl methyl sites for hydroxylation is 1. The number of thioether (sulfide) groups is 1. The van der Waals surface area contributed by atoms with Gasteiger partial charge in [0, 0.05) is 16.7 Å². The molecule has 0 radical (unpaired) electrons. The summed E-state index contributed by atoms with van der Waals surface area (Å²) < 4.78 is 0.835. The van der Waals surface area contributed by atoms with Crippen molar-refractivity contribution in [3.05, 3.63) is 50.9 Å². The summed E-state index contributed by atoms with van der Waals surface area (Å²) in [5.41, 5.74) is 1.59. The highest BCUT2D eigenvalue weighted by molar-refractivity contribution is 9.10. The molecule has 7 heteroatoms. The Labute approximate surface area is 128 Å².